The first-order valence-corrected chi connectivity index (χ1v) is 7.33. The Kier molecular flexibility index (Phi) is 3.69. The van der Waals surface area contributed by atoms with E-state index in [1.54, 1.807) is 0 Å². The summed E-state index contributed by atoms with van der Waals surface area (Å²) >= 11 is 0. The molecule has 0 unspecified atom stereocenters. The number of hydrogen-bond acceptors (Lipinski definition) is 4. The molecule has 1 aliphatic rings. The van der Waals surface area contributed by atoms with Crippen LogP contribution in [0.25, 0.3) is 11.4 Å². The molecule has 2 N–H and O–H groups in total. The second-order valence-electron chi connectivity index (χ2n) is 5.03. The number of hydrogen-bond donors (Lipinski definition) is 2. The Bertz CT molecular complexity index is 602. The number of nitrogens with one attached hydrogen (secondary N) is 2. The Morgan fingerprint density at radius 2 is 2.15 bits per heavy atom. The second kappa shape index (κ2) is 5.63. The standard InChI is InChI=1S/C15H21N5/c1-3-17-15-19-18-14(20(15)4-2)12-6-5-11-7-8-16-10-13(11)9-12/h5-6,9,16H,3-4,7-8,10H2,1-2H3,(H,17,19). The molecule has 106 valence electrons. The highest BCUT2D eigenvalue weighted by molar-refractivity contribution is 5.60. The number of fused-ring (bicyclic) bond motifs is 1. The Hall–Kier alpha value is -1.88. The van der Waals surface area contributed by atoms with Gasteiger partial charge >= 0.3 is 0 Å². The average Bonchev–Trinajstić information content (AvgIpc) is 2.90. The van der Waals surface area contributed by atoms with Crippen molar-refractivity contribution in [2.24, 2.45) is 0 Å². The molecule has 0 amide bonds. The van der Waals surface area contributed by atoms with Gasteiger partial charge in [0.05, 0.1) is 0 Å². The predicted octanol–water partition coefficient (Wildman–Crippen LogP) is 2.04. The van der Waals surface area contributed by atoms with Crippen LogP contribution in [0.15, 0.2) is 18.2 Å². The molecular formula is C15H21N5. The van der Waals surface area contributed by atoms with Gasteiger partial charge < -0.3 is 10.6 Å². The van der Waals surface area contributed by atoms with E-state index in [1.807, 2.05) is 0 Å². The van der Waals surface area contributed by atoms with Crippen LogP contribution >= 0.6 is 0 Å². The minimum absolute atomic E-state index is 0.848. The smallest absolute Gasteiger partial charge is 0.224 e. The van der Waals surface area contributed by atoms with Gasteiger partial charge in [0.1, 0.15) is 0 Å². The van der Waals surface area contributed by atoms with Gasteiger partial charge in [-0.15, -0.1) is 10.2 Å². The molecule has 1 aromatic carbocycles. The third-order valence-electron chi connectivity index (χ3n) is 3.75. The Labute approximate surface area is 119 Å². The highest BCUT2D eigenvalue weighted by Crippen LogP contribution is 2.24. The van der Waals surface area contributed by atoms with Crippen LogP contribution in [0.5, 0.6) is 0 Å². The molecule has 0 spiro atoms. The lowest BCUT2D eigenvalue weighted by molar-refractivity contribution is 0.644. The van der Waals surface area contributed by atoms with Gasteiger partial charge in [0.25, 0.3) is 0 Å². The zero-order valence-electron chi connectivity index (χ0n) is 12.1. The SMILES string of the molecule is CCNc1nnc(-c2ccc3c(c2)CNCC3)n1CC. The van der Waals surface area contributed by atoms with Crippen LogP contribution in [-0.4, -0.2) is 27.9 Å². The average molecular weight is 271 g/mol. The maximum Gasteiger partial charge on any atom is 0.224 e. The summed E-state index contributed by atoms with van der Waals surface area (Å²) in [6.07, 6.45) is 1.11. The second-order valence-corrected chi connectivity index (χ2v) is 5.03. The summed E-state index contributed by atoms with van der Waals surface area (Å²) in [5, 5.41) is 15.3. The van der Waals surface area contributed by atoms with Crippen molar-refractivity contribution in [1.82, 2.24) is 20.1 Å². The molecule has 0 radical (unpaired) electrons. The van der Waals surface area contributed by atoms with Crippen molar-refractivity contribution in [3.8, 4) is 11.4 Å². The third kappa shape index (κ3) is 2.29. The minimum atomic E-state index is 0.848. The first kappa shape index (κ1) is 13.1. The monoisotopic (exact) mass is 271 g/mol. The highest BCUT2D eigenvalue weighted by Gasteiger charge is 2.15. The lowest BCUT2D eigenvalue weighted by atomic mass is 9.98. The number of nitrogens with zero attached hydrogens (tertiary/aromatic N) is 3. The molecule has 5 heteroatoms. The van der Waals surface area contributed by atoms with E-state index in [1.165, 1.54) is 11.1 Å². The van der Waals surface area contributed by atoms with Crippen molar-refractivity contribution < 1.29 is 0 Å². The van der Waals surface area contributed by atoms with Crippen LogP contribution in [0.3, 0.4) is 0 Å². The molecular weight excluding hydrogens is 250 g/mol. The summed E-state index contributed by atoms with van der Waals surface area (Å²) in [6, 6.07) is 6.64. The third-order valence-corrected chi connectivity index (χ3v) is 3.75. The van der Waals surface area contributed by atoms with Gasteiger partial charge in [0.15, 0.2) is 5.82 Å². The molecule has 0 atom stereocenters. The van der Waals surface area contributed by atoms with E-state index >= 15 is 0 Å². The van der Waals surface area contributed by atoms with Crippen LogP contribution in [0.4, 0.5) is 5.95 Å². The van der Waals surface area contributed by atoms with Crippen LogP contribution < -0.4 is 10.6 Å². The number of aromatic nitrogens is 3. The predicted molar refractivity (Wildman–Crippen MR) is 80.7 cm³/mol. The summed E-state index contributed by atoms with van der Waals surface area (Å²) in [5.41, 5.74) is 3.97. The molecule has 20 heavy (non-hydrogen) atoms. The normalized spacial score (nSPS) is 14.1. The molecule has 3 rings (SSSR count). The number of rotatable bonds is 4. The summed E-state index contributed by atoms with van der Waals surface area (Å²) in [6.45, 7) is 7.92. The van der Waals surface area contributed by atoms with Crippen molar-refractivity contribution in [3.63, 3.8) is 0 Å². The van der Waals surface area contributed by atoms with Crippen LogP contribution in [-0.2, 0) is 19.5 Å². The van der Waals surface area contributed by atoms with Crippen molar-refractivity contribution in [1.29, 1.82) is 0 Å². The number of benzene rings is 1. The molecule has 0 fully saturated rings. The molecule has 2 aromatic rings. The van der Waals surface area contributed by atoms with Gasteiger partial charge in [0, 0.05) is 25.2 Å². The molecule has 1 aliphatic heterocycles. The summed E-state index contributed by atoms with van der Waals surface area (Å²) in [5.74, 6) is 1.79. The van der Waals surface area contributed by atoms with Gasteiger partial charge in [0.2, 0.25) is 5.95 Å². The Morgan fingerprint density at radius 1 is 1.25 bits per heavy atom. The van der Waals surface area contributed by atoms with Gasteiger partial charge in [-0.05, 0) is 44.0 Å². The van der Waals surface area contributed by atoms with E-state index < -0.39 is 0 Å². The topological polar surface area (TPSA) is 54.8 Å². The zero-order valence-corrected chi connectivity index (χ0v) is 12.1. The summed E-state index contributed by atoms with van der Waals surface area (Å²) in [4.78, 5) is 0. The fraction of sp³-hybridized carbons (Fsp3) is 0.467. The van der Waals surface area contributed by atoms with E-state index in [4.69, 9.17) is 0 Å². The van der Waals surface area contributed by atoms with Crippen molar-refractivity contribution >= 4 is 5.95 Å². The zero-order chi connectivity index (χ0) is 13.9. The Morgan fingerprint density at radius 3 is 2.95 bits per heavy atom. The molecule has 0 aliphatic carbocycles. The minimum Gasteiger partial charge on any atom is -0.355 e. The first-order chi connectivity index (χ1) is 9.83. The van der Waals surface area contributed by atoms with Crippen LogP contribution in [0.1, 0.15) is 25.0 Å². The molecule has 1 aromatic heterocycles. The van der Waals surface area contributed by atoms with E-state index in [0.29, 0.717) is 0 Å². The van der Waals surface area contributed by atoms with E-state index in [2.05, 4.69) is 57.4 Å². The largest absolute Gasteiger partial charge is 0.355 e. The van der Waals surface area contributed by atoms with Gasteiger partial charge in [-0.1, -0.05) is 12.1 Å². The van der Waals surface area contributed by atoms with Crippen molar-refractivity contribution in [2.75, 3.05) is 18.4 Å². The highest BCUT2D eigenvalue weighted by atomic mass is 15.3. The van der Waals surface area contributed by atoms with Crippen LogP contribution in [0, 0.1) is 0 Å². The summed E-state index contributed by atoms with van der Waals surface area (Å²) < 4.78 is 2.13. The fourth-order valence-electron chi connectivity index (χ4n) is 2.72. The molecule has 5 nitrogen and oxygen atoms in total. The molecule has 0 saturated carbocycles. The molecule has 0 bridgehead atoms. The maximum atomic E-state index is 4.35. The Balaban J connectivity index is 2.00. The van der Waals surface area contributed by atoms with Crippen molar-refractivity contribution in [3.05, 3.63) is 29.3 Å². The molecule has 0 saturated heterocycles. The lowest BCUT2D eigenvalue weighted by Gasteiger charge is -2.18. The first-order valence-electron chi connectivity index (χ1n) is 7.33. The van der Waals surface area contributed by atoms with E-state index in [-0.39, 0.29) is 0 Å². The lowest BCUT2D eigenvalue weighted by Crippen LogP contribution is -2.23. The van der Waals surface area contributed by atoms with E-state index in [0.717, 1.165) is 49.9 Å². The van der Waals surface area contributed by atoms with E-state index in [9.17, 15) is 0 Å². The van der Waals surface area contributed by atoms with Gasteiger partial charge in [-0.2, -0.15) is 0 Å². The fourth-order valence-corrected chi connectivity index (χ4v) is 2.72. The van der Waals surface area contributed by atoms with Gasteiger partial charge in [-0.3, -0.25) is 4.57 Å². The quantitative estimate of drug-likeness (QED) is 0.893. The maximum absolute atomic E-state index is 4.35. The number of anilines is 1. The van der Waals surface area contributed by atoms with Gasteiger partial charge in [-0.25, -0.2) is 0 Å². The summed E-state index contributed by atoms with van der Waals surface area (Å²) in [7, 11) is 0. The van der Waals surface area contributed by atoms with Crippen molar-refractivity contribution in [2.45, 2.75) is 33.4 Å². The molecule has 2 heterocycles. The van der Waals surface area contributed by atoms with Crippen LogP contribution in [0.2, 0.25) is 0 Å².